The third-order valence-electron chi connectivity index (χ3n) is 4.75. The first-order valence-electron chi connectivity index (χ1n) is 8.52. The molecule has 136 valence electrons. The summed E-state index contributed by atoms with van der Waals surface area (Å²) >= 11 is 7.68. The molecular weight excluding hydrogens is 380 g/mol. The summed E-state index contributed by atoms with van der Waals surface area (Å²) in [7, 11) is 1.68. The number of hydrogen-bond donors (Lipinski definition) is 1. The number of fused-ring (bicyclic) bond motifs is 1. The van der Waals surface area contributed by atoms with Gasteiger partial charge in [-0.1, -0.05) is 35.9 Å². The number of likely N-dealkylation sites (N-methyl/N-ethyl adjacent to an activating group) is 1. The Morgan fingerprint density at radius 1 is 1.07 bits per heavy atom. The van der Waals surface area contributed by atoms with E-state index in [1.165, 1.54) is 10.5 Å². The lowest BCUT2D eigenvalue weighted by Gasteiger charge is -2.21. The van der Waals surface area contributed by atoms with Gasteiger partial charge in [-0.3, -0.25) is 9.59 Å². The number of nitrogens with one attached hydrogen (secondary N) is 1. The Hall–Kier alpha value is -2.63. The number of rotatable bonds is 3. The van der Waals surface area contributed by atoms with Crippen LogP contribution in [0.5, 0.6) is 0 Å². The van der Waals surface area contributed by atoms with E-state index in [1.54, 1.807) is 36.6 Å². The van der Waals surface area contributed by atoms with Crippen LogP contribution in [0, 0.1) is 0 Å². The zero-order valence-electron chi connectivity index (χ0n) is 14.6. The van der Waals surface area contributed by atoms with Crippen molar-refractivity contribution in [3.05, 3.63) is 75.4 Å². The van der Waals surface area contributed by atoms with Crippen molar-refractivity contribution in [2.45, 2.75) is 12.5 Å². The standard InChI is InChI=1S/C21H17ClN2O2S/c1-24-19-7-6-16(22)11-17(19)20(25)23-18(21(24)26)10-13-2-4-14(5-3-13)15-8-9-27-12-15/h2-9,11-12,18H,10H2,1H3,(H,23,25). The Balaban J connectivity index is 1.58. The molecule has 0 radical (unpaired) electrons. The van der Waals surface area contributed by atoms with Gasteiger partial charge < -0.3 is 10.2 Å². The molecule has 0 aliphatic carbocycles. The Kier molecular flexibility index (Phi) is 4.72. The van der Waals surface area contributed by atoms with Gasteiger partial charge in [-0.2, -0.15) is 11.3 Å². The summed E-state index contributed by atoms with van der Waals surface area (Å²) in [5.74, 6) is -0.434. The number of anilines is 1. The molecule has 0 saturated carbocycles. The largest absolute Gasteiger partial charge is 0.340 e. The van der Waals surface area contributed by atoms with Crippen molar-refractivity contribution in [1.29, 1.82) is 0 Å². The van der Waals surface area contributed by atoms with Crippen LogP contribution in [-0.4, -0.2) is 24.9 Å². The van der Waals surface area contributed by atoms with Crippen molar-refractivity contribution in [3.8, 4) is 11.1 Å². The Morgan fingerprint density at radius 3 is 2.56 bits per heavy atom. The second-order valence-electron chi connectivity index (χ2n) is 6.50. The second kappa shape index (κ2) is 7.18. The topological polar surface area (TPSA) is 49.4 Å². The van der Waals surface area contributed by atoms with Gasteiger partial charge in [-0.05, 0) is 51.7 Å². The maximum Gasteiger partial charge on any atom is 0.254 e. The SMILES string of the molecule is CN1C(=O)C(Cc2ccc(-c3ccsc3)cc2)NC(=O)c2cc(Cl)ccc21. The summed E-state index contributed by atoms with van der Waals surface area (Å²) in [6.07, 6.45) is 0.431. The average Bonchev–Trinajstić information content (AvgIpc) is 3.19. The number of halogens is 1. The molecule has 0 bridgehead atoms. The number of carbonyl (C=O) groups excluding carboxylic acids is 2. The molecule has 0 saturated heterocycles. The van der Waals surface area contributed by atoms with Gasteiger partial charge in [0.25, 0.3) is 5.91 Å². The van der Waals surface area contributed by atoms with Crippen LogP contribution in [-0.2, 0) is 11.2 Å². The van der Waals surface area contributed by atoms with E-state index in [0.29, 0.717) is 22.7 Å². The van der Waals surface area contributed by atoms with Crippen LogP contribution in [0.4, 0.5) is 5.69 Å². The van der Waals surface area contributed by atoms with Gasteiger partial charge in [0.05, 0.1) is 11.3 Å². The number of nitrogens with zero attached hydrogens (tertiary/aromatic N) is 1. The molecule has 0 spiro atoms. The molecule has 2 amide bonds. The van der Waals surface area contributed by atoms with E-state index >= 15 is 0 Å². The molecule has 1 aliphatic rings. The number of benzene rings is 2. The summed E-state index contributed by atoms with van der Waals surface area (Å²) in [6.45, 7) is 0. The summed E-state index contributed by atoms with van der Waals surface area (Å²) in [5, 5.41) is 7.45. The minimum atomic E-state index is -0.624. The van der Waals surface area contributed by atoms with E-state index in [1.807, 2.05) is 29.6 Å². The fourth-order valence-electron chi connectivity index (χ4n) is 3.27. The highest BCUT2D eigenvalue weighted by molar-refractivity contribution is 7.08. The van der Waals surface area contributed by atoms with E-state index in [4.69, 9.17) is 11.6 Å². The van der Waals surface area contributed by atoms with Gasteiger partial charge in [-0.25, -0.2) is 0 Å². The van der Waals surface area contributed by atoms with Crippen LogP contribution >= 0.6 is 22.9 Å². The maximum absolute atomic E-state index is 12.9. The highest BCUT2D eigenvalue weighted by Gasteiger charge is 2.31. The lowest BCUT2D eigenvalue weighted by molar-refractivity contribution is -0.120. The summed E-state index contributed by atoms with van der Waals surface area (Å²) in [4.78, 5) is 27.0. The molecule has 1 N–H and O–H groups in total. The first kappa shape index (κ1) is 17.8. The second-order valence-corrected chi connectivity index (χ2v) is 7.71. The third kappa shape index (κ3) is 3.48. The summed E-state index contributed by atoms with van der Waals surface area (Å²) in [6, 6.07) is 14.5. The van der Waals surface area contributed by atoms with Crippen molar-refractivity contribution in [3.63, 3.8) is 0 Å². The Bertz CT molecular complexity index is 1000. The normalized spacial score (nSPS) is 16.7. The van der Waals surface area contributed by atoms with Crippen LogP contribution in [0.2, 0.25) is 5.02 Å². The number of amides is 2. The maximum atomic E-state index is 12.9. The van der Waals surface area contributed by atoms with Crippen molar-refractivity contribution < 1.29 is 9.59 Å². The highest BCUT2D eigenvalue weighted by Crippen LogP contribution is 2.27. The van der Waals surface area contributed by atoms with E-state index in [2.05, 4.69) is 16.8 Å². The lowest BCUT2D eigenvalue weighted by Crippen LogP contribution is -2.45. The van der Waals surface area contributed by atoms with Gasteiger partial charge in [0.15, 0.2) is 0 Å². The molecule has 1 aliphatic heterocycles. The molecule has 4 rings (SSSR count). The third-order valence-corrected chi connectivity index (χ3v) is 5.67. The summed E-state index contributed by atoms with van der Waals surface area (Å²) in [5.41, 5.74) is 4.28. The molecule has 0 fully saturated rings. The van der Waals surface area contributed by atoms with Crippen LogP contribution in [0.15, 0.2) is 59.3 Å². The quantitative estimate of drug-likeness (QED) is 0.714. The molecule has 6 heteroatoms. The average molecular weight is 397 g/mol. The van der Waals surface area contributed by atoms with Crippen molar-refractivity contribution in [2.75, 3.05) is 11.9 Å². The van der Waals surface area contributed by atoms with E-state index in [-0.39, 0.29) is 11.8 Å². The molecule has 4 nitrogen and oxygen atoms in total. The predicted octanol–water partition coefficient (Wildman–Crippen LogP) is 4.39. The fraction of sp³-hybridized carbons (Fsp3) is 0.143. The Labute approximate surface area is 166 Å². The van der Waals surface area contributed by atoms with Crippen LogP contribution in [0.3, 0.4) is 0 Å². The van der Waals surface area contributed by atoms with E-state index in [9.17, 15) is 9.59 Å². The zero-order valence-corrected chi connectivity index (χ0v) is 16.2. The predicted molar refractivity (Wildman–Crippen MR) is 110 cm³/mol. The van der Waals surface area contributed by atoms with Crippen LogP contribution in [0.1, 0.15) is 15.9 Å². The molecule has 1 aromatic heterocycles. The monoisotopic (exact) mass is 396 g/mol. The Morgan fingerprint density at radius 2 is 1.85 bits per heavy atom. The van der Waals surface area contributed by atoms with Gasteiger partial charge in [0.2, 0.25) is 5.91 Å². The van der Waals surface area contributed by atoms with Gasteiger partial charge >= 0.3 is 0 Å². The molecule has 2 aromatic carbocycles. The van der Waals surface area contributed by atoms with Crippen molar-refractivity contribution in [2.24, 2.45) is 0 Å². The number of thiophene rings is 1. The molecule has 1 atom stereocenters. The molecule has 1 unspecified atom stereocenters. The summed E-state index contributed by atoms with van der Waals surface area (Å²) < 4.78 is 0. The van der Waals surface area contributed by atoms with Crippen molar-refractivity contribution >= 4 is 40.4 Å². The minimum absolute atomic E-state index is 0.147. The number of hydrogen-bond acceptors (Lipinski definition) is 3. The molecule has 2 heterocycles. The minimum Gasteiger partial charge on any atom is -0.340 e. The fourth-order valence-corrected chi connectivity index (χ4v) is 4.11. The first-order chi connectivity index (χ1) is 13.0. The molecule has 3 aromatic rings. The van der Waals surface area contributed by atoms with Crippen LogP contribution < -0.4 is 10.2 Å². The van der Waals surface area contributed by atoms with Gasteiger partial charge in [0.1, 0.15) is 6.04 Å². The first-order valence-corrected chi connectivity index (χ1v) is 9.84. The molecule has 27 heavy (non-hydrogen) atoms. The lowest BCUT2D eigenvalue weighted by atomic mass is 10.0. The zero-order chi connectivity index (χ0) is 19.0. The van der Waals surface area contributed by atoms with Gasteiger partial charge in [0, 0.05) is 18.5 Å². The molecular formula is C21H17ClN2O2S. The van der Waals surface area contributed by atoms with E-state index in [0.717, 1.165) is 11.1 Å². The van der Waals surface area contributed by atoms with Crippen LogP contribution in [0.25, 0.3) is 11.1 Å². The van der Waals surface area contributed by atoms with Gasteiger partial charge in [-0.15, -0.1) is 0 Å². The smallest absolute Gasteiger partial charge is 0.254 e. The number of carbonyl (C=O) groups is 2. The highest BCUT2D eigenvalue weighted by atomic mass is 35.5. The van der Waals surface area contributed by atoms with E-state index < -0.39 is 6.04 Å². The van der Waals surface area contributed by atoms with Crippen molar-refractivity contribution in [1.82, 2.24) is 5.32 Å².